The highest BCUT2D eigenvalue weighted by atomic mass is 32.1. The SMILES string of the molecule is CC(C)c1csc(NC(=O)N(C)C(C)C(=O)O)n1. The van der Waals surface area contributed by atoms with Gasteiger partial charge in [0.2, 0.25) is 0 Å². The van der Waals surface area contributed by atoms with Gasteiger partial charge >= 0.3 is 12.0 Å². The van der Waals surface area contributed by atoms with Gasteiger partial charge in [-0.05, 0) is 12.8 Å². The van der Waals surface area contributed by atoms with Crippen molar-refractivity contribution in [3.05, 3.63) is 11.1 Å². The number of carbonyl (C=O) groups excluding carboxylic acids is 1. The van der Waals surface area contributed by atoms with E-state index in [0.29, 0.717) is 11.0 Å². The zero-order valence-electron chi connectivity index (χ0n) is 10.8. The van der Waals surface area contributed by atoms with Crippen LogP contribution in [0.15, 0.2) is 5.38 Å². The van der Waals surface area contributed by atoms with Crippen LogP contribution < -0.4 is 5.32 Å². The molecule has 2 N–H and O–H groups in total. The maximum absolute atomic E-state index is 11.8. The number of aliphatic carboxylic acids is 1. The zero-order valence-corrected chi connectivity index (χ0v) is 11.6. The second-order valence-corrected chi connectivity index (χ2v) is 5.15. The molecular weight excluding hydrogens is 254 g/mol. The van der Waals surface area contributed by atoms with Crippen molar-refractivity contribution in [2.24, 2.45) is 0 Å². The van der Waals surface area contributed by atoms with Crippen LogP contribution in [0.2, 0.25) is 0 Å². The van der Waals surface area contributed by atoms with Crippen molar-refractivity contribution in [3.8, 4) is 0 Å². The summed E-state index contributed by atoms with van der Waals surface area (Å²) < 4.78 is 0. The van der Waals surface area contributed by atoms with E-state index in [2.05, 4.69) is 10.3 Å². The summed E-state index contributed by atoms with van der Waals surface area (Å²) in [6, 6.07) is -1.36. The smallest absolute Gasteiger partial charge is 0.326 e. The molecule has 0 radical (unpaired) electrons. The average Bonchev–Trinajstić information content (AvgIpc) is 2.75. The number of likely N-dealkylation sites (N-methyl/N-ethyl adjacent to an activating group) is 1. The first kappa shape index (κ1) is 14.4. The third-order valence-electron chi connectivity index (χ3n) is 2.59. The molecule has 1 rings (SSSR count). The predicted molar refractivity (Wildman–Crippen MR) is 70.1 cm³/mol. The van der Waals surface area contributed by atoms with Gasteiger partial charge in [0.15, 0.2) is 5.13 Å². The molecule has 0 fully saturated rings. The molecule has 1 aromatic rings. The van der Waals surface area contributed by atoms with Crippen molar-refractivity contribution in [2.75, 3.05) is 12.4 Å². The van der Waals surface area contributed by atoms with Gasteiger partial charge in [-0.15, -0.1) is 11.3 Å². The fourth-order valence-corrected chi connectivity index (χ4v) is 1.99. The van der Waals surface area contributed by atoms with Crippen LogP contribution in [0.1, 0.15) is 32.4 Å². The zero-order chi connectivity index (χ0) is 13.9. The molecule has 1 unspecified atom stereocenters. The number of aromatic nitrogens is 1. The van der Waals surface area contributed by atoms with Crippen LogP contribution in [0.5, 0.6) is 0 Å². The molecule has 0 aliphatic carbocycles. The molecule has 7 heteroatoms. The van der Waals surface area contributed by atoms with Gasteiger partial charge in [-0.25, -0.2) is 14.6 Å². The van der Waals surface area contributed by atoms with E-state index in [0.717, 1.165) is 10.6 Å². The predicted octanol–water partition coefficient (Wildman–Crippen LogP) is 2.20. The molecule has 0 spiro atoms. The number of thiazole rings is 1. The van der Waals surface area contributed by atoms with Crippen LogP contribution in [-0.2, 0) is 4.79 Å². The summed E-state index contributed by atoms with van der Waals surface area (Å²) in [6.45, 7) is 5.47. The van der Waals surface area contributed by atoms with Gasteiger partial charge in [0, 0.05) is 12.4 Å². The Morgan fingerprint density at radius 3 is 2.50 bits per heavy atom. The summed E-state index contributed by atoms with van der Waals surface area (Å²) in [6.07, 6.45) is 0. The first-order chi connectivity index (χ1) is 8.32. The number of carboxylic acid groups (broad SMARTS) is 1. The van der Waals surface area contributed by atoms with E-state index in [4.69, 9.17) is 5.11 Å². The lowest BCUT2D eigenvalue weighted by Gasteiger charge is -2.20. The third kappa shape index (κ3) is 3.43. The summed E-state index contributed by atoms with van der Waals surface area (Å²) in [7, 11) is 1.44. The molecule has 0 aliphatic heterocycles. The van der Waals surface area contributed by atoms with E-state index >= 15 is 0 Å². The van der Waals surface area contributed by atoms with Crippen LogP contribution in [0.25, 0.3) is 0 Å². The standard InChI is InChI=1S/C11H17N3O3S/c1-6(2)8-5-18-10(12-8)13-11(17)14(4)7(3)9(15)16/h5-7H,1-4H3,(H,15,16)(H,12,13,17). The molecule has 6 nitrogen and oxygen atoms in total. The van der Waals surface area contributed by atoms with Gasteiger partial charge in [-0.2, -0.15) is 0 Å². The van der Waals surface area contributed by atoms with E-state index in [1.807, 2.05) is 19.2 Å². The van der Waals surface area contributed by atoms with Crippen molar-refractivity contribution in [3.63, 3.8) is 0 Å². The van der Waals surface area contributed by atoms with Gasteiger partial charge in [-0.3, -0.25) is 5.32 Å². The van der Waals surface area contributed by atoms with Gasteiger partial charge in [0.05, 0.1) is 5.69 Å². The fourth-order valence-electron chi connectivity index (χ4n) is 1.13. The van der Waals surface area contributed by atoms with Crippen LogP contribution in [-0.4, -0.2) is 40.1 Å². The number of anilines is 1. The Labute approximate surface area is 110 Å². The highest BCUT2D eigenvalue weighted by Crippen LogP contribution is 2.21. The maximum atomic E-state index is 11.8. The fraction of sp³-hybridized carbons (Fsp3) is 0.545. The second kappa shape index (κ2) is 5.81. The van der Waals surface area contributed by atoms with Crippen molar-refractivity contribution >= 4 is 28.5 Å². The van der Waals surface area contributed by atoms with E-state index in [9.17, 15) is 9.59 Å². The summed E-state index contributed by atoms with van der Waals surface area (Å²) in [5, 5.41) is 13.7. The number of carboxylic acids is 1. The van der Waals surface area contributed by atoms with Crippen LogP contribution in [0.3, 0.4) is 0 Å². The molecule has 0 saturated heterocycles. The van der Waals surface area contributed by atoms with Gasteiger partial charge in [0.1, 0.15) is 6.04 Å². The van der Waals surface area contributed by atoms with E-state index < -0.39 is 18.0 Å². The molecule has 2 amide bonds. The Balaban J connectivity index is 2.66. The van der Waals surface area contributed by atoms with E-state index in [1.54, 1.807) is 0 Å². The third-order valence-corrected chi connectivity index (χ3v) is 3.36. The van der Waals surface area contributed by atoms with Gasteiger partial charge in [0.25, 0.3) is 0 Å². The lowest BCUT2D eigenvalue weighted by molar-refractivity contribution is -0.141. The number of nitrogens with one attached hydrogen (secondary N) is 1. The van der Waals surface area contributed by atoms with Crippen LogP contribution in [0.4, 0.5) is 9.93 Å². The summed E-state index contributed by atoms with van der Waals surface area (Å²) in [5.41, 5.74) is 0.907. The second-order valence-electron chi connectivity index (χ2n) is 4.29. The molecule has 0 aromatic carbocycles. The molecule has 100 valence electrons. The summed E-state index contributed by atoms with van der Waals surface area (Å²) in [5.74, 6) is -0.753. The Morgan fingerprint density at radius 2 is 2.06 bits per heavy atom. The monoisotopic (exact) mass is 271 g/mol. The molecule has 18 heavy (non-hydrogen) atoms. The number of hydrogen-bond acceptors (Lipinski definition) is 4. The topological polar surface area (TPSA) is 82.5 Å². The minimum absolute atomic E-state index is 0.294. The molecule has 1 heterocycles. The first-order valence-electron chi connectivity index (χ1n) is 5.55. The van der Waals surface area contributed by atoms with E-state index in [-0.39, 0.29) is 0 Å². The molecule has 0 saturated carbocycles. The van der Waals surface area contributed by atoms with Crippen molar-refractivity contribution in [1.29, 1.82) is 0 Å². The Morgan fingerprint density at radius 1 is 1.44 bits per heavy atom. The number of hydrogen-bond donors (Lipinski definition) is 2. The number of rotatable bonds is 4. The Kier molecular flexibility index (Phi) is 4.66. The minimum Gasteiger partial charge on any atom is -0.480 e. The molecular formula is C11H17N3O3S. The normalized spacial score (nSPS) is 12.3. The Hall–Kier alpha value is -1.63. The highest BCUT2D eigenvalue weighted by molar-refractivity contribution is 7.13. The number of carbonyl (C=O) groups is 2. The van der Waals surface area contributed by atoms with Crippen LogP contribution >= 0.6 is 11.3 Å². The van der Waals surface area contributed by atoms with Crippen LogP contribution in [0, 0.1) is 0 Å². The lowest BCUT2D eigenvalue weighted by atomic mass is 10.2. The highest BCUT2D eigenvalue weighted by Gasteiger charge is 2.22. The molecule has 1 aromatic heterocycles. The minimum atomic E-state index is -1.05. The quantitative estimate of drug-likeness (QED) is 0.879. The van der Waals surface area contributed by atoms with Crippen molar-refractivity contribution < 1.29 is 14.7 Å². The molecule has 0 bridgehead atoms. The largest absolute Gasteiger partial charge is 0.480 e. The summed E-state index contributed by atoms with van der Waals surface area (Å²) >= 11 is 1.33. The average molecular weight is 271 g/mol. The first-order valence-corrected chi connectivity index (χ1v) is 6.43. The van der Waals surface area contributed by atoms with Gasteiger partial charge < -0.3 is 10.0 Å². The Bertz CT molecular complexity index is 444. The number of urea groups is 1. The summed E-state index contributed by atoms with van der Waals surface area (Å²) in [4.78, 5) is 27.9. The van der Waals surface area contributed by atoms with Gasteiger partial charge in [-0.1, -0.05) is 13.8 Å². The lowest BCUT2D eigenvalue weighted by Crippen LogP contribution is -2.42. The maximum Gasteiger partial charge on any atom is 0.326 e. The van der Waals surface area contributed by atoms with E-state index in [1.165, 1.54) is 25.3 Å². The van der Waals surface area contributed by atoms with Crippen molar-refractivity contribution in [1.82, 2.24) is 9.88 Å². The van der Waals surface area contributed by atoms with Crippen molar-refractivity contribution in [2.45, 2.75) is 32.7 Å². The molecule has 1 atom stereocenters. The number of nitrogens with zero attached hydrogens (tertiary/aromatic N) is 2. The molecule has 0 aliphatic rings. The number of amides is 2.